The van der Waals surface area contributed by atoms with Gasteiger partial charge in [0.05, 0.1) is 19.8 Å². The van der Waals surface area contributed by atoms with E-state index in [1.807, 2.05) is 0 Å². The van der Waals surface area contributed by atoms with E-state index in [2.05, 4.69) is 0 Å². The number of hydrogen-bond acceptors (Lipinski definition) is 5. The lowest BCUT2D eigenvalue weighted by atomic mass is 10.2. The zero-order valence-corrected chi connectivity index (χ0v) is 7.26. The second-order valence-corrected chi connectivity index (χ2v) is 2.52. The Labute approximate surface area is 76.0 Å². The fourth-order valence-electron chi connectivity index (χ4n) is 1.03. The minimum Gasteiger partial charge on any atom is -0.480 e. The van der Waals surface area contributed by atoms with Gasteiger partial charge in [0, 0.05) is 13.1 Å². The number of nitrogens with zero attached hydrogens (tertiary/aromatic N) is 1. The molecule has 0 aromatic heterocycles. The summed E-state index contributed by atoms with van der Waals surface area (Å²) in [4.78, 5) is 11.9. The Morgan fingerprint density at radius 2 is 1.62 bits per heavy atom. The Kier molecular flexibility index (Phi) is 6.43. The van der Waals surface area contributed by atoms with E-state index in [1.165, 1.54) is 4.90 Å². The summed E-state index contributed by atoms with van der Waals surface area (Å²) in [7, 11) is 0. The van der Waals surface area contributed by atoms with Gasteiger partial charge in [0.1, 0.15) is 6.04 Å². The molecule has 0 aliphatic rings. The highest BCUT2D eigenvalue weighted by atomic mass is 16.4. The monoisotopic (exact) mass is 193 g/mol. The van der Waals surface area contributed by atoms with Crippen LogP contribution in [0.15, 0.2) is 0 Å². The molecule has 0 heterocycles. The molecule has 13 heavy (non-hydrogen) atoms. The van der Waals surface area contributed by atoms with E-state index in [4.69, 9.17) is 20.4 Å². The molecule has 0 saturated carbocycles. The van der Waals surface area contributed by atoms with Gasteiger partial charge in [-0.05, 0) is 0 Å². The van der Waals surface area contributed by atoms with Crippen LogP contribution in [0.1, 0.15) is 0 Å². The minimum absolute atomic E-state index is 0.123. The van der Waals surface area contributed by atoms with Crippen LogP contribution in [0.5, 0.6) is 0 Å². The number of hydrogen-bond donors (Lipinski definition) is 4. The van der Waals surface area contributed by atoms with Crippen molar-refractivity contribution in [2.75, 3.05) is 32.9 Å². The summed E-state index contributed by atoms with van der Waals surface area (Å²) in [6, 6.07) is -1.06. The molecule has 0 fully saturated rings. The third-order valence-corrected chi connectivity index (χ3v) is 1.67. The Morgan fingerprint density at radius 1 is 1.15 bits per heavy atom. The standard InChI is InChI=1S/C7H15NO5/c9-3-1-8(2-4-10)6(5-11)7(12)13/h6,9-11H,1-5H2,(H,12,13). The Bertz CT molecular complexity index is 146. The zero-order chi connectivity index (χ0) is 10.3. The minimum atomic E-state index is -1.16. The molecule has 0 aliphatic carbocycles. The van der Waals surface area contributed by atoms with Crippen LogP contribution < -0.4 is 0 Å². The van der Waals surface area contributed by atoms with Gasteiger partial charge in [0.15, 0.2) is 0 Å². The lowest BCUT2D eigenvalue weighted by molar-refractivity contribution is -0.145. The van der Waals surface area contributed by atoms with Crippen LogP contribution in [0, 0.1) is 0 Å². The predicted molar refractivity (Wildman–Crippen MR) is 44.3 cm³/mol. The summed E-state index contributed by atoms with van der Waals surface area (Å²) in [5, 5.41) is 34.5. The largest absolute Gasteiger partial charge is 0.480 e. The van der Waals surface area contributed by atoms with Gasteiger partial charge in [-0.2, -0.15) is 0 Å². The van der Waals surface area contributed by atoms with Crippen molar-refractivity contribution < 1.29 is 25.2 Å². The molecule has 0 radical (unpaired) electrons. The molecule has 4 N–H and O–H groups in total. The molecule has 0 aromatic rings. The third kappa shape index (κ3) is 4.18. The van der Waals surface area contributed by atoms with Crippen LogP contribution in [0.25, 0.3) is 0 Å². The van der Waals surface area contributed by atoms with Gasteiger partial charge < -0.3 is 20.4 Å². The lowest BCUT2D eigenvalue weighted by Gasteiger charge is -2.25. The number of aliphatic hydroxyl groups excluding tert-OH is 3. The van der Waals surface area contributed by atoms with Gasteiger partial charge in [-0.1, -0.05) is 0 Å². The molecule has 6 nitrogen and oxygen atoms in total. The summed E-state index contributed by atoms with van der Waals surface area (Å²) in [6.45, 7) is -0.695. The van der Waals surface area contributed by atoms with Gasteiger partial charge >= 0.3 is 5.97 Å². The first-order chi connectivity index (χ1) is 6.17. The normalized spacial score (nSPS) is 13.2. The van der Waals surface area contributed by atoms with Crippen molar-refractivity contribution in [1.82, 2.24) is 4.90 Å². The van der Waals surface area contributed by atoms with E-state index in [0.29, 0.717) is 0 Å². The molecule has 0 spiro atoms. The first-order valence-electron chi connectivity index (χ1n) is 3.96. The maximum absolute atomic E-state index is 10.6. The van der Waals surface area contributed by atoms with E-state index in [0.717, 1.165) is 0 Å². The fourth-order valence-corrected chi connectivity index (χ4v) is 1.03. The van der Waals surface area contributed by atoms with Gasteiger partial charge in [-0.15, -0.1) is 0 Å². The van der Waals surface area contributed by atoms with E-state index >= 15 is 0 Å². The quantitative estimate of drug-likeness (QED) is 0.363. The van der Waals surface area contributed by atoms with Crippen molar-refractivity contribution in [2.24, 2.45) is 0 Å². The van der Waals surface area contributed by atoms with E-state index in [-0.39, 0.29) is 26.3 Å². The first-order valence-corrected chi connectivity index (χ1v) is 3.96. The molecular weight excluding hydrogens is 178 g/mol. The third-order valence-electron chi connectivity index (χ3n) is 1.67. The Morgan fingerprint density at radius 3 is 1.85 bits per heavy atom. The Hall–Kier alpha value is -0.690. The van der Waals surface area contributed by atoms with Crippen molar-refractivity contribution in [3.05, 3.63) is 0 Å². The van der Waals surface area contributed by atoms with Gasteiger partial charge in [0.2, 0.25) is 0 Å². The fraction of sp³-hybridized carbons (Fsp3) is 0.857. The average Bonchev–Trinajstić information content (AvgIpc) is 2.05. The van der Waals surface area contributed by atoms with Crippen molar-refractivity contribution in [2.45, 2.75) is 6.04 Å². The average molecular weight is 193 g/mol. The van der Waals surface area contributed by atoms with Crippen LogP contribution >= 0.6 is 0 Å². The number of carbonyl (C=O) groups is 1. The molecule has 0 amide bonds. The summed E-state index contributed by atoms with van der Waals surface area (Å²) >= 11 is 0. The van der Waals surface area contributed by atoms with Gasteiger partial charge in [-0.3, -0.25) is 9.69 Å². The van der Waals surface area contributed by atoms with Crippen LogP contribution in [0.4, 0.5) is 0 Å². The van der Waals surface area contributed by atoms with Crippen LogP contribution in [-0.4, -0.2) is 70.2 Å². The van der Waals surface area contributed by atoms with Gasteiger partial charge in [-0.25, -0.2) is 0 Å². The van der Waals surface area contributed by atoms with Crippen molar-refractivity contribution in [1.29, 1.82) is 0 Å². The second kappa shape index (κ2) is 6.79. The highest BCUT2D eigenvalue weighted by molar-refractivity contribution is 5.73. The molecule has 0 aromatic carbocycles. The van der Waals surface area contributed by atoms with Crippen molar-refractivity contribution in [3.8, 4) is 0 Å². The molecule has 6 heteroatoms. The SMILES string of the molecule is O=C(O)C(CO)N(CCO)CCO. The number of aliphatic hydroxyl groups is 3. The maximum atomic E-state index is 10.6. The molecular formula is C7H15NO5. The summed E-state index contributed by atoms with van der Waals surface area (Å²) in [6.07, 6.45) is 0. The summed E-state index contributed by atoms with van der Waals surface area (Å²) < 4.78 is 0. The smallest absolute Gasteiger partial charge is 0.323 e. The number of aliphatic carboxylic acids is 1. The number of rotatable bonds is 7. The van der Waals surface area contributed by atoms with E-state index < -0.39 is 18.6 Å². The van der Waals surface area contributed by atoms with Crippen LogP contribution in [0.2, 0.25) is 0 Å². The molecule has 1 atom stereocenters. The summed E-state index contributed by atoms with van der Waals surface area (Å²) in [5.41, 5.74) is 0. The molecule has 0 bridgehead atoms. The highest BCUT2D eigenvalue weighted by Crippen LogP contribution is 1.98. The maximum Gasteiger partial charge on any atom is 0.323 e. The predicted octanol–water partition coefficient (Wildman–Crippen LogP) is -2.28. The lowest BCUT2D eigenvalue weighted by Crippen LogP contribution is -2.46. The highest BCUT2D eigenvalue weighted by Gasteiger charge is 2.23. The topological polar surface area (TPSA) is 101 Å². The van der Waals surface area contributed by atoms with Crippen LogP contribution in [-0.2, 0) is 4.79 Å². The van der Waals surface area contributed by atoms with E-state index in [1.54, 1.807) is 0 Å². The molecule has 0 aliphatic heterocycles. The van der Waals surface area contributed by atoms with Crippen LogP contribution in [0.3, 0.4) is 0 Å². The summed E-state index contributed by atoms with van der Waals surface area (Å²) in [5.74, 6) is -1.16. The van der Waals surface area contributed by atoms with Gasteiger partial charge in [0.25, 0.3) is 0 Å². The molecule has 78 valence electrons. The zero-order valence-electron chi connectivity index (χ0n) is 7.26. The first kappa shape index (κ1) is 12.3. The van der Waals surface area contributed by atoms with E-state index in [9.17, 15) is 4.79 Å². The molecule has 0 rings (SSSR count). The molecule has 0 saturated heterocycles. The number of carboxylic acids is 1. The van der Waals surface area contributed by atoms with Crippen molar-refractivity contribution >= 4 is 5.97 Å². The van der Waals surface area contributed by atoms with Crippen molar-refractivity contribution in [3.63, 3.8) is 0 Å². The second-order valence-electron chi connectivity index (χ2n) is 2.52. The molecule has 1 unspecified atom stereocenters. The Balaban J connectivity index is 4.20. The number of carboxylic acid groups (broad SMARTS) is 1.